The van der Waals surface area contributed by atoms with Crippen molar-refractivity contribution in [2.45, 2.75) is 12.6 Å². The summed E-state index contributed by atoms with van der Waals surface area (Å²) in [6.45, 7) is -0.0178. The summed E-state index contributed by atoms with van der Waals surface area (Å²) in [5.41, 5.74) is 0. The van der Waals surface area contributed by atoms with Gasteiger partial charge in [0.15, 0.2) is 12.6 Å². The molecule has 1 aliphatic heterocycles. The Morgan fingerprint density at radius 3 is 2.64 bits per heavy atom. The minimum Gasteiger partial charge on any atom is -0.329 e. The topological polar surface area (TPSA) is 24.8 Å². The first-order valence-corrected chi connectivity index (χ1v) is 2.88. The van der Waals surface area contributed by atoms with Crippen LogP contribution in [-0.4, -0.2) is 37.4 Å². The SMILES string of the molecule is CN1[C]=NCC1OC(F)(F)F. The smallest absolute Gasteiger partial charge is 0.329 e. The molecular weight excluding hydrogens is 161 g/mol. The van der Waals surface area contributed by atoms with Crippen LogP contribution in [0.25, 0.3) is 0 Å². The summed E-state index contributed by atoms with van der Waals surface area (Å²) in [4.78, 5) is 4.63. The van der Waals surface area contributed by atoms with Gasteiger partial charge in [0, 0.05) is 7.05 Å². The summed E-state index contributed by atoms with van der Waals surface area (Å²) in [5, 5.41) is 0. The van der Waals surface area contributed by atoms with E-state index in [-0.39, 0.29) is 6.54 Å². The lowest BCUT2D eigenvalue weighted by atomic mass is 10.5. The second-order valence-electron chi connectivity index (χ2n) is 2.07. The molecule has 0 aromatic heterocycles. The average Bonchev–Trinajstić information content (AvgIpc) is 2.12. The van der Waals surface area contributed by atoms with Crippen LogP contribution in [-0.2, 0) is 4.74 Å². The zero-order valence-corrected chi connectivity index (χ0v) is 5.72. The maximum atomic E-state index is 11.6. The van der Waals surface area contributed by atoms with Crippen molar-refractivity contribution in [3.8, 4) is 0 Å². The number of nitrogens with zero attached hydrogens (tertiary/aromatic N) is 2. The molecule has 3 nitrogen and oxygen atoms in total. The maximum Gasteiger partial charge on any atom is 0.524 e. The lowest BCUT2D eigenvalue weighted by Gasteiger charge is -2.19. The normalized spacial score (nSPS) is 24.7. The van der Waals surface area contributed by atoms with Gasteiger partial charge in [-0.25, -0.2) is 0 Å². The molecular formula is C5H6F3N2O. The molecule has 11 heavy (non-hydrogen) atoms. The molecule has 1 unspecified atom stereocenters. The number of hydrogen-bond acceptors (Lipinski definition) is 3. The van der Waals surface area contributed by atoms with Gasteiger partial charge in [0.1, 0.15) is 0 Å². The van der Waals surface area contributed by atoms with E-state index in [2.05, 4.69) is 16.1 Å². The highest BCUT2D eigenvalue weighted by Gasteiger charge is 2.36. The van der Waals surface area contributed by atoms with Crippen molar-refractivity contribution in [3.05, 3.63) is 0 Å². The van der Waals surface area contributed by atoms with Gasteiger partial charge in [0.2, 0.25) is 0 Å². The second-order valence-corrected chi connectivity index (χ2v) is 2.07. The summed E-state index contributed by atoms with van der Waals surface area (Å²) in [7, 11) is 1.42. The first-order chi connectivity index (χ1) is 4.99. The molecule has 0 aromatic rings. The van der Waals surface area contributed by atoms with E-state index >= 15 is 0 Å². The van der Waals surface area contributed by atoms with E-state index in [9.17, 15) is 13.2 Å². The third-order valence-electron chi connectivity index (χ3n) is 1.18. The van der Waals surface area contributed by atoms with Crippen LogP contribution in [0.1, 0.15) is 0 Å². The molecule has 1 atom stereocenters. The number of halogens is 3. The van der Waals surface area contributed by atoms with Crippen LogP contribution in [0.15, 0.2) is 4.99 Å². The van der Waals surface area contributed by atoms with Gasteiger partial charge >= 0.3 is 6.36 Å². The standard InChI is InChI=1S/C5H6F3N2O/c1-10-3-9-2-4(10)11-5(6,7)8/h4H,2H2,1H3. The average molecular weight is 167 g/mol. The molecule has 0 saturated heterocycles. The Bertz CT molecular complexity index is 168. The van der Waals surface area contributed by atoms with Crippen molar-refractivity contribution in [3.63, 3.8) is 0 Å². The van der Waals surface area contributed by atoms with Gasteiger partial charge in [-0.2, -0.15) is 0 Å². The van der Waals surface area contributed by atoms with Crippen molar-refractivity contribution in [2.24, 2.45) is 4.99 Å². The van der Waals surface area contributed by atoms with E-state index in [1.807, 2.05) is 0 Å². The molecule has 0 amide bonds. The summed E-state index contributed by atoms with van der Waals surface area (Å²) >= 11 is 0. The number of aliphatic imine (C=N–C) groups is 1. The summed E-state index contributed by atoms with van der Waals surface area (Å²) in [6, 6.07) is 0. The van der Waals surface area contributed by atoms with E-state index in [0.29, 0.717) is 0 Å². The highest BCUT2D eigenvalue weighted by atomic mass is 19.4. The molecule has 1 radical (unpaired) electrons. The minimum absolute atomic E-state index is 0.0178. The minimum atomic E-state index is -4.60. The fourth-order valence-corrected chi connectivity index (χ4v) is 0.688. The van der Waals surface area contributed by atoms with Crippen LogP contribution in [0.4, 0.5) is 13.2 Å². The summed E-state index contributed by atoms with van der Waals surface area (Å²) in [6.07, 6.45) is -3.32. The zero-order chi connectivity index (χ0) is 8.48. The van der Waals surface area contributed by atoms with Gasteiger partial charge in [0.25, 0.3) is 0 Å². The van der Waals surface area contributed by atoms with Crippen molar-refractivity contribution in [1.29, 1.82) is 0 Å². The molecule has 63 valence electrons. The molecule has 0 N–H and O–H groups in total. The third kappa shape index (κ3) is 2.38. The Balaban J connectivity index is 2.40. The van der Waals surface area contributed by atoms with Crippen LogP contribution >= 0.6 is 0 Å². The maximum absolute atomic E-state index is 11.6. The Morgan fingerprint density at radius 2 is 2.27 bits per heavy atom. The molecule has 1 rings (SSSR count). The monoisotopic (exact) mass is 167 g/mol. The summed E-state index contributed by atoms with van der Waals surface area (Å²) in [5.74, 6) is 0. The van der Waals surface area contributed by atoms with E-state index in [4.69, 9.17) is 0 Å². The van der Waals surface area contributed by atoms with Gasteiger partial charge in [-0.3, -0.25) is 9.73 Å². The molecule has 0 bridgehead atoms. The van der Waals surface area contributed by atoms with Gasteiger partial charge in [-0.05, 0) is 0 Å². The van der Waals surface area contributed by atoms with E-state index in [1.165, 1.54) is 7.05 Å². The van der Waals surface area contributed by atoms with Gasteiger partial charge in [-0.1, -0.05) is 0 Å². The lowest BCUT2D eigenvalue weighted by Crippen LogP contribution is -2.35. The van der Waals surface area contributed by atoms with Gasteiger partial charge in [0.05, 0.1) is 6.54 Å². The molecule has 0 spiro atoms. The summed E-state index contributed by atoms with van der Waals surface area (Å²) < 4.78 is 38.4. The highest BCUT2D eigenvalue weighted by molar-refractivity contribution is 5.56. The Morgan fingerprint density at radius 1 is 1.64 bits per heavy atom. The van der Waals surface area contributed by atoms with Crippen LogP contribution in [0.3, 0.4) is 0 Å². The van der Waals surface area contributed by atoms with E-state index < -0.39 is 12.6 Å². The van der Waals surface area contributed by atoms with Crippen molar-refractivity contribution >= 4 is 6.34 Å². The molecule has 0 fully saturated rings. The first kappa shape index (κ1) is 8.32. The molecule has 0 aliphatic carbocycles. The number of likely N-dealkylation sites (N-methyl/N-ethyl adjacent to an activating group) is 1. The largest absolute Gasteiger partial charge is 0.524 e. The Labute approximate surface area is 61.5 Å². The predicted molar refractivity (Wildman–Crippen MR) is 31.0 cm³/mol. The molecule has 6 heteroatoms. The lowest BCUT2D eigenvalue weighted by molar-refractivity contribution is -0.351. The van der Waals surface area contributed by atoms with Crippen molar-refractivity contribution in [2.75, 3.05) is 13.6 Å². The van der Waals surface area contributed by atoms with Crippen LogP contribution < -0.4 is 0 Å². The van der Waals surface area contributed by atoms with Crippen molar-refractivity contribution < 1.29 is 17.9 Å². The number of hydrogen-bond donors (Lipinski definition) is 0. The number of ether oxygens (including phenoxy) is 1. The molecule has 0 aromatic carbocycles. The highest BCUT2D eigenvalue weighted by Crippen LogP contribution is 2.20. The number of alkyl halides is 3. The second kappa shape index (κ2) is 2.69. The fourth-order valence-electron chi connectivity index (χ4n) is 0.688. The van der Waals surface area contributed by atoms with E-state index in [0.717, 1.165) is 4.90 Å². The molecule has 1 heterocycles. The molecule has 0 saturated carbocycles. The number of rotatable bonds is 1. The molecule has 1 aliphatic rings. The van der Waals surface area contributed by atoms with Crippen LogP contribution in [0.2, 0.25) is 0 Å². The zero-order valence-electron chi connectivity index (χ0n) is 5.72. The fraction of sp³-hybridized carbons (Fsp3) is 0.800. The van der Waals surface area contributed by atoms with Crippen molar-refractivity contribution in [1.82, 2.24) is 4.90 Å². The Hall–Kier alpha value is -0.780. The van der Waals surface area contributed by atoms with E-state index in [1.54, 1.807) is 0 Å². The Kier molecular flexibility index (Phi) is 2.03. The van der Waals surface area contributed by atoms with Crippen LogP contribution in [0.5, 0.6) is 0 Å². The first-order valence-electron chi connectivity index (χ1n) is 2.88. The van der Waals surface area contributed by atoms with Gasteiger partial charge in [-0.15, -0.1) is 13.2 Å². The van der Waals surface area contributed by atoms with Gasteiger partial charge < -0.3 is 4.90 Å². The predicted octanol–water partition coefficient (Wildman–Crippen LogP) is 0.700. The quantitative estimate of drug-likeness (QED) is 0.574. The third-order valence-corrected chi connectivity index (χ3v) is 1.18. The van der Waals surface area contributed by atoms with Crippen LogP contribution in [0, 0.1) is 0 Å².